The second-order valence-corrected chi connectivity index (χ2v) is 7.77. The lowest BCUT2D eigenvalue weighted by molar-refractivity contribution is -0.901. The summed E-state index contributed by atoms with van der Waals surface area (Å²) in [6.45, 7) is 6.79. The molecule has 0 saturated carbocycles. The Labute approximate surface area is 174 Å². The van der Waals surface area contributed by atoms with Crippen molar-refractivity contribution in [2.24, 2.45) is 0 Å². The normalized spacial score (nSPS) is 18.6. The maximum Gasteiger partial charge on any atom is 0.299 e. The lowest BCUT2D eigenvalue weighted by atomic mass is 10.1. The molecule has 0 aliphatic carbocycles. The minimum atomic E-state index is -0.553. The predicted octanol–water partition coefficient (Wildman–Crippen LogP) is -3.10. The summed E-state index contributed by atoms with van der Waals surface area (Å²) < 4.78 is 0. The van der Waals surface area contributed by atoms with Crippen LogP contribution in [0.15, 0.2) is 12.1 Å². The first kappa shape index (κ1) is 22.2. The van der Waals surface area contributed by atoms with Crippen molar-refractivity contribution in [2.45, 2.75) is 0 Å². The number of quaternary nitrogens is 2. The van der Waals surface area contributed by atoms with Gasteiger partial charge in [-0.2, -0.15) is 0 Å². The van der Waals surface area contributed by atoms with Gasteiger partial charge >= 0.3 is 0 Å². The predicted molar refractivity (Wildman–Crippen MR) is 109 cm³/mol. The molecule has 0 amide bonds. The first-order valence-electron chi connectivity index (χ1n) is 10.3. The van der Waals surface area contributed by atoms with Crippen molar-refractivity contribution in [3.8, 4) is 0 Å². The van der Waals surface area contributed by atoms with Gasteiger partial charge in [-0.25, -0.2) is 0 Å². The van der Waals surface area contributed by atoms with Gasteiger partial charge in [0.15, 0.2) is 0 Å². The van der Waals surface area contributed by atoms with Crippen LogP contribution in [-0.4, -0.2) is 98.7 Å². The number of nitro groups is 2. The molecule has 166 valence electrons. The third kappa shape index (κ3) is 4.95. The SMILES string of the molecule is O=[N+]([O-])c1cc([N+](=O)[O-])c(N2CC[NH+](CCO)CC2)cc1N1CC[NH+](CCO)CC1. The van der Waals surface area contributed by atoms with Gasteiger partial charge < -0.3 is 29.8 Å². The molecule has 12 nitrogen and oxygen atoms in total. The first-order valence-corrected chi connectivity index (χ1v) is 10.3. The fourth-order valence-electron chi connectivity index (χ4n) is 4.30. The van der Waals surface area contributed by atoms with Crippen molar-refractivity contribution >= 4 is 22.7 Å². The number of piperazine rings is 2. The summed E-state index contributed by atoms with van der Waals surface area (Å²) in [5, 5.41) is 41.6. The highest BCUT2D eigenvalue weighted by Gasteiger charge is 2.33. The fraction of sp³-hybridized carbons (Fsp3) is 0.667. The van der Waals surface area contributed by atoms with Gasteiger partial charge in [-0.1, -0.05) is 0 Å². The molecule has 0 radical (unpaired) electrons. The van der Waals surface area contributed by atoms with E-state index in [-0.39, 0.29) is 24.6 Å². The fourth-order valence-corrected chi connectivity index (χ4v) is 4.30. The summed E-state index contributed by atoms with van der Waals surface area (Å²) in [4.78, 5) is 28.6. The Hall–Kier alpha value is -2.54. The molecule has 0 bridgehead atoms. The van der Waals surface area contributed by atoms with E-state index in [9.17, 15) is 20.2 Å². The van der Waals surface area contributed by atoms with Crippen molar-refractivity contribution < 1.29 is 29.9 Å². The second-order valence-electron chi connectivity index (χ2n) is 7.77. The number of anilines is 2. The zero-order valence-electron chi connectivity index (χ0n) is 17.0. The Morgan fingerprint density at radius 1 is 0.767 bits per heavy atom. The molecule has 4 N–H and O–H groups in total. The molecule has 0 atom stereocenters. The van der Waals surface area contributed by atoms with Crippen molar-refractivity contribution in [3.05, 3.63) is 32.4 Å². The molecule has 2 aliphatic rings. The Morgan fingerprint density at radius 3 is 1.43 bits per heavy atom. The number of hydrogen-bond acceptors (Lipinski definition) is 8. The van der Waals surface area contributed by atoms with E-state index in [1.165, 1.54) is 9.80 Å². The van der Waals surface area contributed by atoms with Crippen LogP contribution in [-0.2, 0) is 0 Å². The van der Waals surface area contributed by atoms with Crippen LogP contribution in [0.25, 0.3) is 0 Å². The number of aliphatic hydroxyl groups excluding tert-OH is 2. The van der Waals surface area contributed by atoms with Crippen molar-refractivity contribution in [3.63, 3.8) is 0 Å². The molecular weight excluding hydrogens is 396 g/mol. The Kier molecular flexibility index (Phi) is 7.37. The monoisotopic (exact) mass is 426 g/mol. The van der Waals surface area contributed by atoms with Gasteiger partial charge in [-0.3, -0.25) is 20.2 Å². The number of benzene rings is 1. The number of nitrogens with one attached hydrogen (secondary N) is 2. The minimum absolute atomic E-state index is 0.0986. The van der Waals surface area contributed by atoms with E-state index in [1.54, 1.807) is 6.07 Å². The summed E-state index contributed by atoms with van der Waals surface area (Å²) in [6.07, 6.45) is 0. The lowest BCUT2D eigenvalue weighted by Gasteiger charge is -2.35. The molecule has 12 heteroatoms. The Bertz CT molecular complexity index is 703. The Morgan fingerprint density at radius 2 is 1.13 bits per heavy atom. The molecular formula is C18H30N6O6+2. The van der Waals surface area contributed by atoms with Gasteiger partial charge in [0.2, 0.25) is 0 Å². The highest BCUT2D eigenvalue weighted by Crippen LogP contribution is 2.40. The number of hydrogen-bond donors (Lipinski definition) is 4. The molecule has 0 spiro atoms. The second kappa shape index (κ2) is 9.98. The van der Waals surface area contributed by atoms with E-state index < -0.39 is 9.85 Å². The van der Waals surface area contributed by atoms with Crippen LogP contribution in [0.4, 0.5) is 22.7 Å². The molecule has 0 unspecified atom stereocenters. The molecule has 2 saturated heterocycles. The highest BCUT2D eigenvalue weighted by atomic mass is 16.6. The van der Waals surface area contributed by atoms with E-state index in [4.69, 9.17) is 10.2 Å². The first-order chi connectivity index (χ1) is 14.4. The molecule has 0 aromatic heterocycles. The number of nitro benzene ring substituents is 2. The van der Waals surface area contributed by atoms with Gasteiger partial charge in [0.25, 0.3) is 11.4 Å². The zero-order chi connectivity index (χ0) is 21.7. The minimum Gasteiger partial charge on any atom is -0.391 e. The molecule has 1 aromatic carbocycles. The molecule has 1 aromatic rings. The van der Waals surface area contributed by atoms with E-state index in [1.807, 2.05) is 9.80 Å². The average molecular weight is 426 g/mol. The molecule has 3 rings (SSSR count). The van der Waals surface area contributed by atoms with E-state index in [2.05, 4.69) is 0 Å². The Balaban J connectivity index is 1.90. The van der Waals surface area contributed by atoms with Crippen molar-refractivity contribution in [2.75, 3.05) is 88.5 Å². The molecule has 2 heterocycles. The van der Waals surface area contributed by atoms with Gasteiger partial charge in [0.05, 0.1) is 81.5 Å². The highest BCUT2D eigenvalue weighted by molar-refractivity contribution is 5.78. The van der Waals surface area contributed by atoms with Gasteiger partial charge in [0.1, 0.15) is 24.5 Å². The van der Waals surface area contributed by atoms with Crippen LogP contribution >= 0.6 is 0 Å². The number of aliphatic hydroxyl groups is 2. The van der Waals surface area contributed by atoms with Crippen LogP contribution in [0.5, 0.6) is 0 Å². The zero-order valence-corrected chi connectivity index (χ0v) is 17.0. The van der Waals surface area contributed by atoms with Crippen molar-refractivity contribution in [1.82, 2.24) is 0 Å². The third-order valence-corrected chi connectivity index (χ3v) is 6.02. The van der Waals surface area contributed by atoms with E-state index >= 15 is 0 Å². The summed E-state index contributed by atoms with van der Waals surface area (Å²) in [5.74, 6) is 0. The topological polar surface area (TPSA) is 142 Å². The van der Waals surface area contributed by atoms with Crippen LogP contribution in [0.1, 0.15) is 0 Å². The maximum absolute atomic E-state index is 11.7. The maximum atomic E-state index is 11.7. The van der Waals surface area contributed by atoms with Crippen molar-refractivity contribution in [1.29, 1.82) is 0 Å². The summed E-state index contributed by atoms with van der Waals surface area (Å²) >= 11 is 0. The van der Waals surface area contributed by atoms with Gasteiger partial charge in [-0.05, 0) is 6.07 Å². The quantitative estimate of drug-likeness (QED) is 0.253. The van der Waals surface area contributed by atoms with Crippen LogP contribution in [0, 0.1) is 20.2 Å². The van der Waals surface area contributed by atoms with Crippen LogP contribution in [0.2, 0.25) is 0 Å². The smallest absolute Gasteiger partial charge is 0.299 e. The van der Waals surface area contributed by atoms with Gasteiger partial charge in [-0.15, -0.1) is 0 Å². The summed E-state index contributed by atoms with van der Waals surface area (Å²) in [6, 6.07) is 2.69. The average Bonchev–Trinajstić information content (AvgIpc) is 2.74. The van der Waals surface area contributed by atoms with Crippen LogP contribution < -0.4 is 19.6 Å². The van der Waals surface area contributed by atoms with Crippen LogP contribution in [0.3, 0.4) is 0 Å². The third-order valence-electron chi connectivity index (χ3n) is 6.02. The van der Waals surface area contributed by atoms with E-state index in [0.29, 0.717) is 50.6 Å². The largest absolute Gasteiger partial charge is 0.391 e. The number of nitrogens with zero attached hydrogens (tertiary/aromatic N) is 4. The summed E-state index contributed by atoms with van der Waals surface area (Å²) in [7, 11) is 0. The van der Waals surface area contributed by atoms with Gasteiger partial charge in [0, 0.05) is 0 Å². The molecule has 2 aliphatic heterocycles. The standard InChI is InChI=1S/C18H28N6O6/c25-11-9-19-1-5-21(6-2-19)15-13-16(18(24(29)30)14-17(15)23(27)28)22-7-3-20(4-8-22)10-12-26/h13-14,25-26H,1-12H2/p+2. The van der Waals surface area contributed by atoms with E-state index in [0.717, 1.165) is 32.2 Å². The molecule has 2 fully saturated rings. The molecule has 30 heavy (non-hydrogen) atoms. The summed E-state index contributed by atoms with van der Waals surface area (Å²) in [5.41, 5.74) is 0.323. The number of rotatable bonds is 8. The lowest BCUT2D eigenvalue weighted by Crippen LogP contribution is -3.15.